The van der Waals surface area contributed by atoms with Gasteiger partial charge in [-0.05, 0) is 42.0 Å². The number of piperidine rings is 1. The number of hydrogen-bond donors (Lipinski definition) is 1. The maximum absolute atomic E-state index is 12.6. The molecule has 7 nitrogen and oxygen atoms in total. The topological polar surface area (TPSA) is 84.7 Å². The van der Waals surface area contributed by atoms with E-state index in [4.69, 9.17) is 4.74 Å². The number of nitrogens with one attached hydrogen (secondary N) is 1. The van der Waals surface area contributed by atoms with E-state index in [9.17, 15) is 14.9 Å². The van der Waals surface area contributed by atoms with Crippen LogP contribution in [0.3, 0.4) is 0 Å². The van der Waals surface area contributed by atoms with Crippen LogP contribution in [0.5, 0.6) is 0 Å². The normalized spacial score (nSPS) is 14.6. The molecule has 0 spiro atoms. The van der Waals surface area contributed by atoms with E-state index in [1.165, 1.54) is 6.07 Å². The zero-order valence-electron chi connectivity index (χ0n) is 16.9. The molecule has 1 aliphatic heterocycles. The SMILES string of the molecule is COCc1cccc(CNC(=O)c2ccc(N3CCC(C)CC3)c([N+](=O)[O-])c2)c1. The Hall–Kier alpha value is -2.93. The van der Waals surface area contributed by atoms with Crippen molar-refractivity contribution in [2.75, 3.05) is 25.1 Å². The van der Waals surface area contributed by atoms with Gasteiger partial charge in [-0.2, -0.15) is 0 Å². The number of amides is 1. The molecule has 0 radical (unpaired) electrons. The number of hydrogen-bond acceptors (Lipinski definition) is 5. The molecule has 0 aromatic heterocycles. The third-order valence-electron chi connectivity index (χ3n) is 5.31. The summed E-state index contributed by atoms with van der Waals surface area (Å²) < 4.78 is 5.13. The highest BCUT2D eigenvalue weighted by molar-refractivity contribution is 5.95. The van der Waals surface area contributed by atoms with E-state index in [1.54, 1.807) is 19.2 Å². The van der Waals surface area contributed by atoms with Crippen LogP contribution in [0.4, 0.5) is 11.4 Å². The Morgan fingerprint density at radius 2 is 1.93 bits per heavy atom. The number of nitrogens with zero attached hydrogens (tertiary/aromatic N) is 2. The number of nitro groups is 1. The second kappa shape index (κ2) is 9.52. The summed E-state index contributed by atoms with van der Waals surface area (Å²) in [5, 5.41) is 14.5. The Morgan fingerprint density at radius 1 is 1.21 bits per heavy atom. The van der Waals surface area contributed by atoms with Crippen LogP contribution < -0.4 is 10.2 Å². The van der Waals surface area contributed by atoms with E-state index in [2.05, 4.69) is 12.2 Å². The fourth-order valence-corrected chi connectivity index (χ4v) is 3.61. The van der Waals surface area contributed by atoms with Gasteiger partial charge in [0.1, 0.15) is 5.69 Å². The highest BCUT2D eigenvalue weighted by Crippen LogP contribution is 2.32. The number of carbonyl (C=O) groups is 1. The Labute approximate surface area is 170 Å². The predicted octanol–water partition coefficient (Wildman–Crippen LogP) is 3.91. The van der Waals surface area contributed by atoms with Crippen LogP contribution in [0.15, 0.2) is 42.5 Å². The molecule has 3 rings (SSSR count). The smallest absolute Gasteiger partial charge is 0.293 e. The lowest BCUT2D eigenvalue weighted by atomic mass is 9.98. The van der Waals surface area contributed by atoms with Gasteiger partial charge in [-0.3, -0.25) is 14.9 Å². The van der Waals surface area contributed by atoms with E-state index >= 15 is 0 Å². The molecule has 154 valence electrons. The third kappa shape index (κ3) is 5.32. The molecule has 2 aromatic carbocycles. The number of anilines is 1. The largest absolute Gasteiger partial charge is 0.380 e. The zero-order chi connectivity index (χ0) is 20.8. The Balaban J connectivity index is 1.71. The number of benzene rings is 2. The molecule has 7 heteroatoms. The first-order valence-corrected chi connectivity index (χ1v) is 9.86. The molecule has 0 saturated carbocycles. The molecule has 29 heavy (non-hydrogen) atoms. The summed E-state index contributed by atoms with van der Waals surface area (Å²) in [7, 11) is 1.63. The van der Waals surface area contributed by atoms with E-state index < -0.39 is 4.92 Å². The molecule has 0 aliphatic carbocycles. The molecule has 1 N–H and O–H groups in total. The third-order valence-corrected chi connectivity index (χ3v) is 5.31. The summed E-state index contributed by atoms with van der Waals surface area (Å²) in [5.41, 5.74) is 2.83. The second-order valence-corrected chi connectivity index (χ2v) is 7.57. The van der Waals surface area contributed by atoms with Gasteiger partial charge >= 0.3 is 0 Å². The van der Waals surface area contributed by atoms with Crippen molar-refractivity contribution >= 4 is 17.3 Å². The van der Waals surface area contributed by atoms with Crippen LogP contribution >= 0.6 is 0 Å². The van der Waals surface area contributed by atoms with Gasteiger partial charge in [-0.15, -0.1) is 0 Å². The number of carbonyl (C=O) groups excluding carboxylic acids is 1. The van der Waals surface area contributed by atoms with E-state index in [-0.39, 0.29) is 11.6 Å². The van der Waals surface area contributed by atoms with Gasteiger partial charge in [0.15, 0.2) is 0 Å². The number of methoxy groups -OCH3 is 1. The van der Waals surface area contributed by atoms with Crippen LogP contribution in [-0.4, -0.2) is 31.0 Å². The molecular formula is C22H27N3O4. The molecule has 1 aliphatic rings. The monoisotopic (exact) mass is 397 g/mol. The number of rotatable bonds is 7. The van der Waals surface area contributed by atoms with E-state index in [0.29, 0.717) is 30.3 Å². The van der Waals surface area contributed by atoms with Gasteiger partial charge in [0.2, 0.25) is 0 Å². The molecule has 1 heterocycles. The minimum absolute atomic E-state index is 0.0192. The standard InChI is InChI=1S/C22H27N3O4/c1-16-8-10-24(11-9-16)20-7-6-19(13-21(20)25(27)28)22(26)23-14-17-4-3-5-18(12-17)15-29-2/h3-7,12-13,16H,8-11,14-15H2,1-2H3,(H,23,26). The van der Waals surface area contributed by atoms with Gasteiger partial charge in [-0.1, -0.05) is 31.2 Å². The maximum atomic E-state index is 12.6. The van der Waals surface area contributed by atoms with Gasteiger partial charge < -0.3 is 15.0 Å². The lowest BCUT2D eigenvalue weighted by Gasteiger charge is -2.31. The van der Waals surface area contributed by atoms with Crippen LogP contribution in [0.1, 0.15) is 41.3 Å². The summed E-state index contributed by atoms with van der Waals surface area (Å²) in [4.78, 5) is 25.8. The summed E-state index contributed by atoms with van der Waals surface area (Å²) in [6.45, 7) is 4.64. The Bertz CT molecular complexity index is 876. The average molecular weight is 397 g/mol. The quantitative estimate of drug-likeness (QED) is 0.566. The maximum Gasteiger partial charge on any atom is 0.293 e. The molecule has 0 unspecified atom stereocenters. The van der Waals surface area contributed by atoms with Crippen molar-refractivity contribution in [2.24, 2.45) is 5.92 Å². The van der Waals surface area contributed by atoms with Crippen molar-refractivity contribution in [2.45, 2.75) is 32.9 Å². The molecule has 1 saturated heterocycles. The van der Waals surface area contributed by atoms with Crippen molar-refractivity contribution in [3.8, 4) is 0 Å². The summed E-state index contributed by atoms with van der Waals surface area (Å²) in [5.74, 6) is 0.307. The zero-order valence-corrected chi connectivity index (χ0v) is 16.9. The highest BCUT2D eigenvalue weighted by Gasteiger charge is 2.24. The molecule has 0 bridgehead atoms. The van der Waals surface area contributed by atoms with Crippen LogP contribution in [0.2, 0.25) is 0 Å². The van der Waals surface area contributed by atoms with Crippen LogP contribution in [0.25, 0.3) is 0 Å². The Morgan fingerprint density at radius 3 is 2.62 bits per heavy atom. The van der Waals surface area contributed by atoms with Crippen molar-refractivity contribution in [1.82, 2.24) is 5.32 Å². The fraction of sp³-hybridized carbons (Fsp3) is 0.409. The van der Waals surface area contributed by atoms with Gasteiger partial charge in [0.25, 0.3) is 11.6 Å². The average Bonchev–Trinajstić information content (AvgIpc) is 2.73. The van der Waals surface area contributed by atoms with Gasteiger partial charge in [0.05, 0.1) is 11.5 Å². The van der Waals surface area contributed by atoms with Crippen molar-refractivity contribution < 1.29 is 14.5 Å². The summed E-state index contributed by atoms with van der Waals surface area (Å²) in [6.07, 6.45) is 2.03. The number of nitro benzene ring substituents is 1. The molecule has 2 aromatic rings. The second-order valence-electron chi connectivity index (χ2n) is 7.57. The molecule has 1 amide bonds. The first kappa shape index (κ1) is 20.8. The minimum Gasteiger partial charge on any atom is -0.380 e. The molecule has 0 atom stereocenters. The van der Waals surface area contributed by atoms with E-state index in [1.807, 2.05) is 29.2 Å². The first-order valence-electron chi connectivity index (χ1n) is 9.86. The predicted molar refractivity (Wildman–Crippen MR) is 112 cm³/mol. The molecular weight excluding hydrogens is 370 g/mol. The summed E-state index contributed by atoms with van der Waals surface area (Å²) in [6, 6.07) is 12.5. The van der Waals surface area contributed by atoms with E-state index in [0.717, 1.165) is 37.1 Å². The Kier molecular flexibility index (Phi) is 6.82. The van der Waals surface area contributed by atoms with Crippen molar-refractivity contribution in [3.63, 3.8) is 0 Å². The fourth-order valence-electron chi connectivity index (χ4n) is 3.61. The summed E-state index contributed by atoms with van der Waals surface area (Å²) >= 11 is 0. The molecule has 1 fully saturated rings. The lowest BCUT2D eigenvalue weighted by molar-refractivity contribution is -0.384. The lowest BCUT2D eigenvalue weighted by Crippen LogP contribution is -2.33. The van der Waals surface area contributed by atoms with Gasteiger partial charge in [0, 0.05) is 38.4 Å². The highest BCUT2D eigenvalue weighted by atomic mass is 16.6. The first-order chi connectivity index (χ1) is 14.0. The van der Waals surface area contributed by atoms with Crippen LogP contribution in [-0.2, 0) is 17.9 Å². The van der Waals surface area contributed by atoms with Crippen molar-refractivity contribution in [3.05, 3.63) is 69.3 Å². The van der Waals surface area contributed by atoms with Crippen LogP contribution in [0, 0.1) is 16.0 Å². The minimum atomic E-state index is -0.404. The number of ether oxygens (including phenoxy) is 1. The van der Waals surface area contributed by atoms with Gasteiger partial charge in [-0.25, -0.2) is 0 Å². The van der Waals surface area contributed by atoms with Crippen molar-refractivity contribution in [1.29, 1.82) is 0 Å².